The van der Waals surface area contributed by atoms with Gasteiger partial charge in [-0.2, -0.15) is 4.99 Å². The molecule has 0 unspecified atom stereocenters. The Balaban J connectivity index is 2.38. The molecule has 0 bridgehead atoms. The minimum Gasteiger partial charge on any atom is -0.442 e. The summed E-state index contributed by atoms with van der Waals surface area (Å²) in [6, 6.07) is 0. The van der Waals surface area contributed by atoms with Gasteiger partial charge in [-0.05, 0) is 58.8 Å². The Hall–Kier alpha value is -0.940. The maximum absolute atomic E-state index is 11.4. The van der Waals surface area contributed by atoms with Crippen LogP contribution in [0.1, 0.15) is 52.9 Å². The van der Waals surface area contributed by atoms with Crippen LogP contribution in [0.15, 0.2) is 4.99 Å². The highest BCUT2D eigenvalue weighted by Gasteiger charge is 2.32. The van der Waals surface area contributed by atoms with Crippen LogP contribution in [0.4, 0.5) is 4.79 Å². The van der Waals surface area contributed by atoms with E-state index in [2.05, 4.69) is 4.99 Å². The Kier molecular flexibility index (Phi) is 5.50. The number of carbonyl (C=O) groups excluding carboxylic acids is 1. The second-order valence-corrected chi connectivity index (χ2v) is 6.29. The van der Waals surface area contributed by atoms with Crippen molar-refractivity contribution < 1.29 is 19.7 Å². The van der Waals surface area contributed by atoms with E-state index in [4.69, 9.17) is 9.84 Å². The molecular formula is C14H25NO4. The van der Waals surface area contributed by atoms with Crippen molar-refractivity contribution in [3.63, 3.8) is 0 Å². The normalized spacial score (nSPS) is 28.6. The van der Waals surface area contributed by atoms with Gasteiger partial charge in [0.05, 0.1) is 5.60 Å². The number of aliphatic hydroxyl groups is 2. The third kappa shape index (κ3) is 6.16. The first kappa shape index (κ1) is 16.1. The molecule has 0 spiro atoms. The molecule has 0 radical (unpaired) electrons. The van der Waals surface area contributed by atoms with E-state index in [1.165, 1.54) is 0 Å². The molecule has 2 N–H and O–H groups in total. The molecule has 0 saturated heterocycles. The van der Waals surface area contributed by atoms with Crippen molar-refractivity contribution in [1.82, 2.24) is 0 Å². The Morgan fingerprint density at radius 1 is 1.42 bits per heavy atom. The summed E-state index contributed by atoms with van der Waals surface area (Å²) in [7, 11) is 0. The average Bonchev–Trinajstić information content (AvgIpc) is 2.26. The Morgan fingerprint density at radius 3 is 2.47 bits per heavy atom. The van der Waals surface area contributed by atoms with E-state index in [1.807, 2.05) is 0 Å². The number of rotatable bonds is 3. The van der Waals surface area contributed by atoms with Gasteiger partial charge >= 0.3 is 6.09 Å². The molecule has 0 aromatic carbocycles. The molecular weight excluding hydrogens is 246 g/mol. The second-order valence-electron chi connectivity index (χ2n) is 6.29. The lowest BCUT2D eigenvalue weighted by Crippen LogP contribution is -2.35. The van der Waals surface area contributed by atoms with Gasteiger partial charge in [0.15, 0.2) is 0 Å². The summed E-state index contributed by atoms with van der Waals surface area (Å²) < 4.78 is 5.09. The van der Waals surface area contributed by atoms with Crippen LogP contribution < -0.4 is 0 Å². The summed E-state index contributed by atoms with van der Waals surface area (Å²) in [5.41, 5.74) is -1.27. The van der Waals surface area contributed by atoms with Crippen LogP contribution in [0.2, 0.25) is 0 Å². The van der Waals surface area contributed by atoms with Gasteiger partial charge in [-0.25, -0.2) is 4.79 Å². The van der Waals surface area contributed by atoms with Crippen LogP contribution in [-0.4, -0.2) is 40.3 Å². The summed E-state index contributed by atoms with van der Waals surface area (Å²) in [5.74, 6) is 0.200. The molecule has 1 saturated carbocycles. The molecule has 1 fully saturated rings. The number of aliphatic hydroxyl groups excluding tert-OH is 1. The maximum Gasteiger partial charge on any atom is 0.433 e. The van der Waals surface area contributed by atoms with Crippen LogP contribution >= 0.6 is 0 Å². The van der Waals surface area contributed by atoms with E-state index in [0.29, 0.717) is 19.3 Å². The lowest BCUT2D eigenvalue weighted by Gasteiger charge is -2.34. The molecule has 0 aromatic heterocycles. The standard InChI is InChI=1S/C14H25NO4/c1-13(2,3)19-12(17)15-10-11-4-6-14(18,7-5-11)8-9-16/h10-11,16,18H,4-9H2,1-3H3. The van der Waals surface area contributed by atoms with Crippen LogP contribution in [0.5, 0.6) is 0 Å². The zero-order valence-electron chi connectivity index (χ0n) is 12.1. The third-order valence-electron chi connectivity index (χ3n) is 3.32. The van der Waals surface area contributed by atoms with Gasteiger partial charge in [0.1, 0.15) is 5.60 Å². The number of amides is 1. The first-order valence-corrected chi connectivity index (χ1v) is 6.84. The number of hydrogen-bond donors (Lipinski definition) is 2. The highest BCUT2D eigenvalue weighted by atomic mass is 16.6. The van der Waals surface area contributed by atoms with E-state index < -0.39 is 17.3 Å². The van der Waals surface area contributed by atoms with Crippen molar-refractivity contribution in [2.75, 3.05) is 6.61 Å². The summed E-state index contributed by atoms with van der Waals surface area (Å²) in [6.07, 6.45) is 4.32. The highest BCUT2D eigenvalue weighted by Crippen LogP contribution is 2.33. The largest absolute Gasteiger partial charge is 0.442 e. The predicted octanol–water partition coefficient (Wildman–Crippen LogP) is 2.30. The molecule has 0 atom stereocenters. The van der Waals surface area contributed by atoms with Gasteiger partial charge < -0.3 is 14.9 Å². The van der Waals surface area contributed by atoms with E-state index in [-0.39, 0.29) is 12.5 Å². The SMILES string of the molecule is CC(C)(C)OC(=O)N=CC1CCC(O)(CCO)CC1. The third-order valence-corrected chi connectivity index (χ3v) is 3.32. The molecule has 1 aliphatic carbocycles. The van der Waals surface area contributed by atoms with Gasteiger partial charge in [0.25, 0.3) is 0 Å². The van der Waals surface area contributed by atoms with Crippen molar-refractivity contribution in [3.05, 3.63) is 0 Å². The summed E-state index contributed by atoms with van der Waals surface area (Å²) in [6.45, 7) is 5.41. The minimum atomic E-state index is -0.745. The van der Waals surface area contributed by atoms with Crippen molar-refractivity contribution in [2.45, 2.75) is 64.1 Å². The Morgan fingerprint density at radius 2 is 2.00 bits per heavy atom. The summed E-state index contributed by atoms with van der Waals surface area (Å²) in [4.78, 5) is 15.2. The lowest BCUT2D eigenvalue weighted by molar-refractivity contribution is -0.0210. The second kappa shape index (κ2) is 6.48. The summed E-state index contributed by atoms with van der Waals surface area (Å²) >= 11 is 0. The monoisotopic (exact) mass is 271 g/mol. The van der Waals surface area contributed by atoms with Crippen LogP contribution in [0.3, 0.4) is 0 Å². The predicted molar refractivity (Wildman–Crippen MR) is 73.3 cm³/mol. The van der Waals surface area contributed by atoms with E-state index in [1.54, 1.807) is 27.0 Å². The van der Waals surface area contributed by atoms with E-state index in [9.17, 15) is 9.90 Å². The molecule has 1 amide bonds. The number of ether oxygens (including phenoxy) is 1. The molecule has 5 nitrogen and oxygen atoms in total. The van der Waals surface area contributed by atoms with Crippen molar-refractivity contribution >= 4 is 12.3 Å². The fraction of sp³-hybridized carbons (Fsp3) is 0.857. The molecule has 110 valence electrons. The smallest absolute Gasteiger partial charge is 0.433 e. The highest BCUT2D eigenvalue weighted by molar-refractivity contribution is 5.80. The van der Waals surface area contributed by atoms with Crippen molar-refractivity contribution in [3.8, 4) is 0 Å². The van der Waals surface area contributed by atoms with Gasteiger partial charge in [-0.1, -0.05) is 0 Å². The Bertz CT molecular complexity index is 325. The minimum absolute atomic E-state index is 0.00711. The average molecular weight is 271 g/mol. The van der Waals surface area contributed by atoms with Crippen LogP contribution in [0.25, 0.3) is 0 Å². The first-order valence-electron chi connectivity index (χ1n) is 6.84. The molecule has 19 heavy (non-hydrogen) atoms. The molecule has 0 aromatic rings. The fourth-order valence-electron chi connectivity index (χ4n) is 2.24. The quantitative estimate of drug-likeness (QED) is 0.772. The van der Waals surface area contributed by atoms with Gasteiger partial charge in [0, 0.05) is 12.8 Å². The zero-order valence-corrected chi connectivity index (χ0v) is 12.1. The maximum atomic E-state index is 11.4. The number of carbonyl (C=O) groups is 1. The van der Waals surface area contributed by atoms with E-state index in [0.717, 1.165) is 12.8 Å². The van der Waals surface area contributed by atoms with E-state index >= 15 is 0 Å². The number of nitrogens with zero attached hydrogens (tertiary/aromatic N) is 1. The Labute approximate surface area is 114 Å². The van der Waals surface area contributed by atoms with Crippen molar-refractivity contribution in [2.24, 2.45) is 10.9 Å². The van der Waals surface area contributed by atoms with Crippen LogP contribution in [0, 0.1) is 5.92 Å². The van der Waals surface area contributed by atoms with Gasteiger partial charge in [-0.15, -0.1) is 0 Å². The molecule has 1 aliphatic rings. The molecule has 5 heteroatoms. The molecule has 1 rings (SSSR count). The first-order chi connectivity index (χ1) is 8.74. The molecule has 0 heterocycles. The van der Waals surface area contributed by atoms with Crippen molar-refractivity contribution in [1.29, 1.82) is 0 Å². The van der Waals surface area contributed by atoms with Crippen LogP contribution in [-0.2, 0) is 4.74 Å². The summed E-state index contributed by atoms with van der Waals surface area (Å²) in [5, 5.41) is 19.0. The van der Waals surface area contributed by atoms with Gasteiger partial charge in [0.2, 0.25) is 0 Å². The zero-order chi connectivity index (χ0) is 14.5. The molecule has 0 aliphatic heterocycles. The number of aliphatic imine (C=N–C) groups is 1. The lowest BCUT2D eigenvalue weighted by atomic mass is 9.78. The fourth-order valence-corrected chi connectivity index (χ4v) is 2.24. The topological polar surface area (TPSA) is 79.1 Å². The number of hydrogen-bond acceptors (Lipinski definition) is 4. The van der Waals surface area contributed by atoms with Gasteiger partial charge in [-0.3, -0.25) is 0 Å².